The van der Waals surface area contributed by atoms with Crippen LogP contribution in [-0.2, 0) is 12.7 Å². The predicted molar refractivity (Wildman–Crippen MR) is 82.2 cm³/mol. The SMILES string of the molecule is Cc1oc(-c2cccc(C(F)(F)F)c2)nc1CN1CCC(O)CC1. The van der Waals surface area contributed by atoms with Gasteiger partial charge in [0, 0.05) is 25.2 Å². The van der Waals surface area contributed by atoms with Gasteiger partial charge in [-0.3, -0.25) is 4.90 Å². The van der Waals surface area contributed by atoms with Gasteiger partial charge in [-0.05, 0) is 38.0 Å². The molecule has 4 nitrogen and oxygen atoms in total. The Hall–Kier alpha value is -1.86. The van der Waals surface area contributed by atoms with E-state index in [1.807, 2.05) is 0 Å². The Labute approximate surface area is 137 Å². The van der Waals surface area contributed by atoms with Crippen LogP contribution in [0.1, 0.15) is 29.9 Å². The smallest absolute Gasteiger partial charge is 0.416 e. The Morgan fingerprint density at radius 2 is 2.00 bits per heavy atom. The molecule has 0 aliphatic carbocycles. The Kier molecular flexibility index (Phi) is 4.64. The van der Waals surface area contributed by atoms with Crippen LogP contribution in [0.3, 0.4) is 0 Å². The van der Waals surface area contributed by atoms with E-state index in [4.69, 9.17) is 4.42 Å². The maximum absolute atomic E-state index is 12.8. The Morgan fingerprint density at radius 1 is 1.29 bits per heavy atom. The molecule has 1 aliphatic rings. The van der Waals surface area contributed by atoms with Crippen LogP contribution < -0.4 is 0 Å². The fourth-order valence-corrected chi connectivity index (χ4v) is 2.82. The first-order valence-corrected chi connectivity index (χ1v) is 7.87. The molecule has 0 radical (unpaired) electrons. The van der Waals surface area contributed by atoms with Gasteiger partial charge in [-0.25, -0.2) is 4.98 Å². The number of aromatic nitrogens is 1. The maximum atomic E-state index is 12.8. The number of hydrogen-bond acceptors (Lipinski definition) is 4. The number of hydrogen-bond donors (Lipinski definition) is 1. The van der Waals surface area contributed by atoms with Crippen molar-refractivity contribution >= 4 is 0 Å². The van der Waals surface area contributed by atoms with E-state index in [1.54, 1.807) is 13.0 Å². The van der Waals surface area contributed by atoms with Gasteiger partial charge in [-0.15, -0.1) is 0 Å². The Morgan fingerprint density at radius 3 is 2.67 bits per heavy atom. The number of benzene rings is 1. The standard InChI is InChI=1S/C17H19F3N2O2/c1-11-15(10-22-7-5-14(23)6-8-22)21-16(24-11)12-3-2-4-13(9-12)17(18,19)20/h2-4,9,14,23H,5-8,10H2,1H3. The van der Waals surface area contributed by atoms with E-state index >= 15 is 0 Å². The van der Waals surface area contributed by atoms with Crippen LogP contribution in [0.4, 0.5) is 13.2 Å². The van der Waals surface area contributed by atoms with Crippen LogP contribution in [0, 0.1) is 6.92 Å². The molecule has 1 saturated heterocycles. The largest absolute Gasteiger partial charge is 0.441 e. The van der Waals surface area contributed by atoms with E-state index in [9.17, 15) is 18.3 Å². The van der Waals surface area contributed by atoms with E-state index in [1.165, 1.54) is 6.07 Å². The van der Waals surface area contributed by atoms with Crippen molar-refractivity contribution in [2.24, 2.45) is 0 Å². The second kappa shape index (κ2) is 6.57. The molecule has 1 aromatic carbocycles. The molecule has 130 valence electrons. The molecule has 7 heteroatoms. The normalized spacial score (nSPS) is 17.4. The number of aryl methyl sites for hydroxylation is 1. The van der Waals surface area contributed by atoms with Gasteiger partial charge in [0.1, 0.15) is 5.76 Å². The molecule has 1 N–H and O–H groups in total. The summed E-state index contributed by atoms with van der Waals surface area (Å²) >= 11 is 0. The summed E-state index contributed by atoms with van der Waals surface area (Å²) in [5.41, 5.74) is 0.314. The lowest BCUT2D eigenvalue weighted by atomic mass is 10.1. The molecule has 1 fully saturated rings. The van der Waals surface area contributed by atoms with Crippen molar-refractivity contribution in [3.05, 3.63) is 41.3 Å². The lowest BCUT2D eigenvalue weighted by Crippen LogP contribution is -2.35. The average Bonchev–Trinajstić information content (AvgIpc) is 2.90. The zero-order valence-electron chi connectivity index (χ0n) is 13.3. The van der Waals surface area contributed by atoms with E-state index in [0.29, 0.717) is 17.9 Å². The maximum Gasteiger partial charge on any atom is 0.416 e. The first-order valence-electron chi connectivity index (χ1n) is 7.87. The van der Waals surface area contributed by atoms with Gasteiger partial charge in [-0.1, -0.05) is 6.07 Å². The number of piperidine rings is 1. The van der Waals surface area contributed by atoms with Crippen LogP contribution in [0.2, 0.25) is 0 Å². The average molecular weight is 340 g/mol. The first-order chi connectivity index (χ1) is 11.3. The highest BCUT2D eigenvalue weighted by Gasteiger charge is 2.31. The third-order valence-corrected chi connectivity index (χ3v) is 4.26. The van der Waals surface area contributed by atoms with E-state index in [-0.39, 0.29) is 12.0 Å². The predicted octanol–water partition coefficient (Wildman–Crippen LogP) is 3.63. The van der Waals surface area contributed by atoms with Gasteiger partial charge in [0.25, 0.3) is 0 Å². The summed E-state index contributed by atoms with van der Waals surface area (Å²) in [6.07, 6.45) is -3.20. The molecule has 3 rings (SSSR count). The third-order valence-electron chi connectivity index (χ3n) is 4.26. The van der Waals surface area contributed by atoms with Gasteiger partial charge < -0.3 is 9.52 Å². The molecule has 0 amide bonds. The summed E-state index contributed by atoms with van der Waals surface area (Å²) in [7, 11) is 0. The quantitative estimate of drug-likeness (QED) is 0.927. The van der Waals surface area contributed by atoms with E-state index in [2.05, 4.69) is 9.88 Å². The molecular weight excluding hydrogens is 321 g/mol. The van der Waals surface area contributed by atoms with Crippen LogP contribution >= 0.6 is 0 Å². The minimum Gasteiger partial charge on any atom is -0.441 e. The molecule has 0 bridgehead atoms. The lowest BCUT2D eigenvalue weighted by Gasteiger charge is -2.28. The topological polar surface area (TPSA) is 49.5 Å². The summed E-state index contributed by atoms with van der Waals surface area (Å²) in [4.78, 5) is 6.54. The number of rotatable bonds is 3. The minimum absolute atomic E-state index is 0.200. The van der Waals surface area contributed by atoms with Crippen molar-refractivity contribution in [3.8, 4) is 11.5 Å². The fourth-order valence-electron chi connectivity index (χ4n) is 2.82. The monoisotopic (exact) mass is 340 g/mol. The van der Waals surface area contributed by atoms with Gasteiger partial charge in [-0.2, -0.15) is 13.2 Å². The van der Waals surface area contributed by atoms with E-state index in [0.717, 1.165) is 43.8 Å². The molecule has 1 aliphatic heterocycles. The zero-order chi connectivity index (χ0) is 17.3. The second-order valence-electron chi connectivity index (χ2n) is 6.11. The lowest BCUT2D eigenvalue weighted by molar-refractivity contribution is -0.137. The summed E-state index contributed by atoms with van der Waals surface area (Å²) in [6.45, 7) is 3.87. The van der Waals surface area contributed by atoms with Crippen LogP contribution in [0.5, 0.6) is 0 Å². The highest BCUT2D eigenvalue weighted by molar-refractivity contribution is 5.55. The van der Waals surface area contributed by atoms with E-state index < -0.39 is 11.7 Å². The van der Waals surface area contributed by atoms with Crippen molar-refractivity contribution in [2.75, 3.05) is 13.1 Å². The highest BCUT2D eigenvalue weighted by Crippen LogP contribution is 2.32. The zero-order valence-corrected chi connectivity index (χ0v) is 13.3. The van der Waals surface area contributed by atoms with Crippen molar-refractivity contribution in [3.63, 3.8) is 0 Å². The van der Waals surface area contributed by atoms with Crippen LogP contribution in [0.15, 0.2) is 28.7 Å². The molecule has 0 unspecified atom stereocenters. The Bertz CT molecular complexity index is 704. The van der Waals surface area contributed by atoms with Crippen molar-refractivity contribution in [2.45, 2.75) is 38.6 Å². The molecule has 2 heterocycles. The summed E-state index contributed by atoms with van der Waals surface area (Å²) in [5, 5.41) is 9.54. The summed E-state index contributed by atoms with van der Waals surface area (Å²) in [5.74, 6) is 0.805. The number of halogens is 3. The molecule has 0 atom stereocenters. The fraction of sp³-hybridized carbons (Fsp3) is 0.471. The number of likely N-dealkylation sites (tertiary alicyclic amines) is 1. The number of aliphatic hydroxyl groups is 1. The molecule has 0 spiro atoms. The van der Waals surface area contributed by atoms with Crippen LogP contribution in [0.25, 0.3) is 11.5 Å². The number of nitrogens with zero attached hydrogens (tertiary/aromatic N) is 2. The van der Waals surface area contributed by atoms with Gasteiger partial charge >= 0.3 is 6.18 Å². The second-order valence-corrected chi connectivity index (χ2v) is 6.11. The highest BCUT2D eigenvalue weighted by atomic mass is 19.4. The number of aliphatic hydroxyl groups excluding tert-OH is 1. The van der Waals surface area contributed by atoms with Crippen molar-refractivity contribution < 1.29 is 22.7 Å². The van der Waals surface area contributed by atoms with Crippen molar-refractivity contribution in [1.29, 1.82) is 0 Å². The Balaban J connectivity index is 1.79. The van der Waals surface area contributed by atoms with Crippen LogP contribution in [-0.4, -0.2) is 34.2 Å². The van der Waals surface area contributed by atoms with Crippen molar-refractivity contribution in [1.82, 2.24) is 9.88 Å². The molecule has 24 heavy (non-hydrogen) atoms. The number of oxazole rings is 1. The number of alkyl halides is 3. The summed E-state index contributed by atoms with van der Waals surface area (Å²) in [6, 6.07) is 4.98. The summed E-state index contributed by atoms with van der Waals surface area (Å²) < 4.78 is 44.1. The molecule has 1 aromatic heterocycles. The first kappa shape index (κ1) is 17.0. The van der Waals surface area contributed by atoms with Gasteiger partial charge in [0.15, 0.2) is 0 Å². The van der Waals surface area contributed by atoms with Gasteiger partial charge in [0.2, 0.25) is 5.89 Å². The molecular formula is C17H19F3N2O2. The third kappa shape index (κ3) is 3.79. The van der Waals surface area contributed by atoms with Gasteiger partial charge in [0.05, 0.1) is 17.4 Å². The minimum atomic E-state index is -4.39. The molecule has 2 aromatic rings. The molecule has 0 saturated carbocycles.